The summed E-state index contributed by atoms with van der Waals surface area (Å²) in [7, 11) is 0. The molecule has 12 heteroatoms. The molecular weight excluding hydrogens is 432 g/mol. The number of aliphatic hydroxyl groups is 1. The van der Waals surface area contributed by atoms with Gasteiger partial charge in [-0.2, -0.15) is 31.4 Å². The van der Waals surface area contributed by atoms with E-state index >= 15 is 0 Å². The minimum absolute atomic E-state index is 0.273. The summed E-state index contributed by atoms with van der Waals surface area (Å²) in [4.78, 5) is 24.9. The van der Waals surface area contributed by atoms with Crippen LogP contribution < -0.4 is 10.9 Å². The molecule has 31 heavy (non-hydrogen) atoms. The van der Waals surface area contributed by atoms with Crippen LogP contribution in [0.3, 0.4) is 0 Å². The van der Waals surface area contributed by atoms with Gasteiger partial charge < -0.3 is 10.4 Å². The third kappa shape index (κ3) is 4.83. The Hall–Kier alpha value is -2.63. The molecule has 1 saturated carbocycles. The first-order valence-electron chi connectivity index (χ1n) is 9.29. The lowest BCUT2D eigenvalue weighted by atomic mass is 9.77. The number of alkyl halides is 6. The van der Waals surface area contributed by atoms with Crippen LogP contribution >= 0.6 is 0 Å². The molecule has 0 spiro atoms. The van der Waals surface area contributed by atoms with Crippen molar-refractivity contribution in [3.63, 3.8) is 0 Å². The summed E-state index contributed by atoms with van der Waals surface area (Å²) < 4.78 is 79.7. The fourth-order valence-electron chi connectivity index (χ4n) is 3.58. The van der Waals surface area contributed by atoms with Gasteiger partial charge in [0.25, 0.3) is 5.56 Å². The van der Waals surface area contributed by atoms with Crippen molar-refractivity contribution < 1.29 is 36.2 Å². The number of rotatable bonds is 4. The monoisotopic (exact) mass is 451 g/mol. The molecule has 0 radical (unpaired) electrons. The average molecular weight is 451 g/mol. The Kier molecular flexibility index (Phi) is 5.58. The minimum atomic E-state index is -4.84. The molecule has 1 aliphatic carbocycles. The van der Waals surface area contributed by atoms with Crippen molar-refractivity contribution >= 4 is 16.7 Å². The van der Waals surface area contributed by atoms with E-state index < -0.39 is 63.9 Å². The van der Waals surface area contributed by atoms with Crippen LogP contribution in [0.25, 0.3) is 10.8 Å². The van der Waals surface area contributed by atoms with Crippen LogP contribution in [0, 0.1) is 0 Å². The van der Waals surface area contributed by atoms with Gasteiger partial charge in [0.05, 0.1) is 28.2 Å². The molecular formula is C19H19F6N3O3. The number of carbonyl (C=O) groups is 1. The molecule has 1 heterocycles. The second-order valence-electron chi connectivity index (χ2n) is 8.04. The highest BCUT2D eigenvalue weighted by molar-refractivity contribution is 5.85. The molecule has 1 aromatic carbocycles. The number of nitrogens with one attached hydrogen (secondary N) is 1. The Morgan fingerprint density at radius 1 is 1.26 bits per heavy atom. The lowest BCUT2D eigenvalue weighted by Crippen LogP contribution is -2.54. The third-order valence-corrected chi connectivity index (χ3v) is 5.25. The van der Waals surface area contributed by atoms with E-state index in [1.54, 1.807) is 6.92 Å². The van der Waals surface area contributed by atoms with E-state index in [1.807, 2.05) is 0 Å². The van der Waals surface area contributed by atoms with Crippen LogP contribution in [0.2, 0.25) is 0 Å². The van der Waals surface area contributed by atoms with Crippen molar-refractivity contribution in [2.75, 3.05) is 0 Å². The van der Waals surface area contributed by atoms with E-state index in [0.717, 1.165) is 6.07 Å². The number of fused-ring (bicyclic) bond motifs is 1. The molecule has 3 rings (SSSR count). The summed E-state index contributed by atoms with van der Waals surface area (Å²) in [5, 5.41) is 14.9. The van der Waals surface area contributed by atoms with E-state index in [4.69, 9.17) is 0 Å². The lowest BCUT2D eigenvalue weighted by Gasteiger charge is -2.41. The molecule has 0 aliphatic heterocycles. The molecule has 1 aliphatic rings. The van der Waals surface area contributed by atoms with Gasteiger partial charge in [-0.25, -0.2) is 4.68 Å². The fourth-order valence-corrected chi connectivity index (χ4v) is 3.58. The molecule has 2 aromatic rings. The summed E-state index contributed by atoms with van der Waals surface area (Å²) >= 11 is 0. The predicted octanol–water partition coefficient (Wildman–Crippen LogP) is 3.11. The molecule has 1 unspecified atom stereocenters. The van der Waals surface area contributed by atoms with Gasteiger partial charge in [0, 0.05) is 11.4 Å². The lowest BCUT2D eigenvalue weighted by molar-refractivity contribution is -0.147. The summed E-state index contributed by atoms with van der Waals surface area (Å²) in [6.45, 7) is 1.57. The van der Waals surface area contributed by atoms with E-state index in [2.05, 4.69) is 10.4 Å². The van der Waals surface area contributed by atoms with Gasteiger partial charge in [-0.15, -0.1) is 0 Å². The van der Waals surface area contributed by atoms with Gasteiger partial charge in [-0.05, 0) is 44.9 Å². The topological polar surface area (TPSA) is 84.2 Å². The largest absolute Gasteiger partial charge is 0.416 e. The summed E-state index contributed by atoms with van der Waals surface area (Å²) in [5.41, 5.74) is -3.92. The van der Waals surface area contributed by atoms with E-state index in [1.165, 1.54) is 0 Å². The van der Waals surface area contributed by atoms with Crippen LogP contribution in [0.4, 0.5) is 26.3 Å². The Balaban J connectivity index is 2.03. The van der Waals surface area contributed by atoms with Crippen LogP contribution in [0.15, 0.2) is 23.0 Å². The molecule has 1 atom stereocenters. The molecule has 6 nitrogen and oxygen atoms in total. The van der Waals surface area contributed by atoms with Gasteiger partial charge in [-0.1, -0.05) is 0 Å². The second kappa shape index (κ2) is 7.50. The number of carbonyl (C=O) groups excluding carboxylic acids is 1. The van der Waals surface area contributed by atoms with Gasteiger partial charge in [0.1, 0.15) is 6.54 Å². The van der Waals surface area contributed by atoms with Gasteiger partial charge in [0.15, 0.2) is 0 Å². The molecule has 0 saturated heterocycles. The molecule has 0 bridgehead atoms. The number of halogens is 6. The Morgan fingerprint density at radius 2 is 1.87 bits per heavy atom. The first-order valence-corrected chi connectivity index (χ1v) is 9.29. The number of amides is 1. The zero-order valence-corrected chi connectivity index (χ0v) is 16.4. The predicted molar refractivity (Wildman–Crippen MR) is 97.3 cm³/mol. The maximum absolute atomic E-state index is 13.3. The second-order valence-corrected chi connectivity index (χ2v) is 8.04. The normalized spacial score (nSPS) is 22.8. The van der Waals surface area contributed by atoms with Crippen LogP contribution in [0.1, 0.15) is 43.9 Å². The molecule has 2 N–H and O–H groups in total. The number of nitrogens with zero attached hydrogens (tertiary/aromatic N) is 2. The molecule has 1 amide bonds. The van der Waals surface area contributed by atoms with Crippen molar-refractivity contribution in [2.45, 2.75) is 63.1 Å². The molecule has 1 fully saturated rings. The van der Waals surface area contributed by atoms with E-state index in [0.29, 0.717) is 23.7 Å². The zero-order chi connectivity index (χ0) is 23.4. The number of aromatic nitrogens is 2. The van der Waals surface area contributed by atoms with Crippen LogP contribution in [0.5, 0.6) is 0 Å². The van der Waals surface area contributed by atoms with Crippen molar-refractivity contribution in [2.24, 2.45) is 0 Å². The highest BCUT2D eigenvalue weighted by Gasteiger charge is 2.41. The van der Waals surface area contributed by atoms with Crippen LogP contribution in [-0.4, -0.2) is 38.6 Å². The van der Waals surface area contributed by atoms with Gasteiger partial charge in [0.2, 0.25) is 5.91 Å². The van der Waals surface area contributed by atoms with Crippen molar-refractivity contribution in [3.05, 3.63) is 39.8 Å². The fraction of sp³-hybridized carbons (Fsp3) is 0.526. The Bertz CT molecular complexity index is 1070. The first-order chi connectivity index (χ1) is 14.1. The minimum Gasteiger partial charge on any atom is -0.390 e. The number of benzene rings is 1. The SMILES string of the molecule is CC(c1nn(CC(=O)N[C@H]2C[C@@](C)(O)C2)c(=O)c2ccc(C(F)(F)F)cc12)C(F)(F)F. The highest BCUT2D eigenvalue weighted by atomic mass is 19.4. The van der Waals surface area contributed by atoms with Crippen molar-refractivity contribution in [1.82, 2.24) is 15.1 Å². The van der Waals surface area contributed by atoms with E-state index in [9.17, 15) is 41.0 Å². The standard InChI is InChI=1S/C19H19F6N3O3/c1-9(18(20,21)22)15-13-5-10(19(23,24)25)3-4-12(13)16(30)28(27-15)8-14(29)26-11-6-17(2,31)7-11/h3-5,9,11,31H,6-8H2,1-2H3,(H,26,29)/t9?,11-,17+. The molecule has 1 aromatic heterocycles. The smallest absolute Gasteiger partial charge is 0.390 e. The number of hydrogen-bond acceptors (Lipinski definition) is 4. The highest BCUT2D eigenvalue weighted by Crippen LogP contribution is 2.38. The Labute approximate surface area is 171 Å². The van der Waals surface area contributed by atoms with E-state index in [-0.39, 0.29) is 18.9 Å². The molecule has 170 valence electrons. The van der Waals surface area contributed by atoms with Crippen LogP contribution in [-0.2, 0) is 17.5 Å². The third-order valence-electron chi connectivity index (χ3n) is 5.25. The first kappa shape index (κ1) is 23.0. The number of hydrogen-bond donors (Lipinski definition) is 2. The maximum atomic E-state index is 13.3. The van der Waals surface area contributed by atoms with Gasteiger partial charge in [-0.3, -0.25) is 9.59 Å². The van der Waals surface area contributed by atoms with Crippen molar-refractivity contribution in [3.8, 4) is 0 Å². The quantitative estimate of drug-likeness (QED) is 0.700. The average Bonchev–Trinajstić information content (AvgIpc) is 2.60. The Morgan fingerprint density at radius 3 is 2.39 bits per heavy atom. The summed E-state index contributed by atoms with van der Waals surface area (Å²) in [6.07, 6.45) is -9.12. The maximum Gasteiger partial charge on any atom is 0.416 e. The zero-order valence-electron chi connectivity index (χ0n) is 16.4. The van der Waals surface area contributed by atoms with Gasteiger partial charge >= 0.3 is 12.4 Å². The van der Waals surface area contributed by atoms with Crippen molar-refractivity contribution in [1.29, 1.82) is 0 Å². The summed E-state index contributed by atoms with van der Waals surface area (Å²) in [6, 6.07) is 1.47. The summed E-state index contributed by atoms with van der Waals surface area (Å²) in [5.74, 6) is -3.00.